The number of carbonyl (C=O) groups is 1. The Balaban J connectivity index is 2.11. The maximum absolute atomic E-state index is 11.6. The van der Waals surface area contributed by atoms with Crippen molar-refractivity contribution in [1.29, 1.82) is 0 Å². The highest BCUT2D eigenvalue weighted by Crippen LogP contribution is 2.01. The molecule has 7 heteroatoms. The minimum absolute atomic E-state index is 0.122. The molecule has 0 atom stereocenters. The Morgan fingerprint density at radius 3 is 2.82 bits per heavy atom. The fraction of sp³-hybridized carbons (Fsp3) is 0.300. The standard InChI is InChI=1S/C10H14N6O/c1-14(2)10(17)9-3-4-15(13-9)7-16-6-8(11)5-12-16/h3-6H,7,11H2,1-2H3. The molecule has 0 radical (unpaired) electrons. The number of amides is 1. The van der Waals surface area contributed by atoms with Crippen molar-refractivity contribution in [3.05, 3.63) is 30.4 Å². The van der Waals surface area contributed by atoms with Gasteiger partial charge in [0, 0.05) is 20.3 Å². The van der Waals surface area contributed by atoms with Crippen molar-refractivity contribution in [3.63, 3.8) is 0 Å². The summed E-state index contributed by atoms with van der Waals surface area (Å²) in [5.41, 5.74) is 6.56. The second-order valence-corrected chi connectivity index (χ2v) is 3.89. The van der Waals surface area contributed by atoms with Gasteiger partial charge in [0.05, 0.1) is 18.1 Å². The molecule has 2 rings (SSSR count). The van der Waals surface area contributed by atoms with Crippen LogP contribution in [-0.4, -0.2) is 44.5 Å². The van der Waals surface area contributed by atoms with E-state index in [1.165, 1.54) is 4.90 Å². The Morgan fingerprint density at radius 2 is 2.24 bits per heavy atom. The van der Waals surface area contributed by atoms with E-state index >= 15 is 0 Å². The van der Waals surface area contributed by atoms with E-state index in [0.717, 1.165) is 0 Å². The highest BCUT2D eigenvalue weighted by Gasteiger charge is 2.11. The van der Waals surface area contributed by atoms with E-state index in [2.05, 4.69) is 10.2 Å². The quantitative estimate of drug-likeness (QED) is 0.802. The van der Waals surface area contributed by atoms with Crippen LogP contribution in [0, 0.1) is 0 Å². The van der Waals surface area contributed by atoms with Crippen LogP contribution < -0.4 is 5.73 Å². The molecule has 0 aromatic carbocycles. The number of nitrogens with zero attached hydrogens (tertiary/aromatic N) is 5. The SMILES string of the molecule is CN(C)C(=O)c1ccn(Cn2cc(N)cn2)n1. The van der Waals surface area contributed by atoms with Crippen LogP contribution in [0.3, 0.4) is 0 Å². The molecule has 0 saturated heterocycles. The van der Waals surface area contributed by atoms with Gasteiger partial charge < -0.3 is 10.6 Å². The number of carbonyl (C=O) groups excluding carboxylic acids is 1. The van der Waals surface area contributed by atoms with Crippen molar-refractivity contribution in [1.82, 2.24) is 24.5 Å². The first kappa shape index (κ1) is 11.2. The molecule has 0 aliphatic rings. The van der Waals surface area contributed by atoms with Crippen LogP contribution in [0.4, 0.5) is 5.69 Å². The Kier molecular flexibility index (Phi) is 2.82. The van der Waals surface area contributed by atoms with Crippen LogP contribution in [0.25, 0.3) is 0 Å². The molecular weight excluding hydrogens is 220 g/mol. The summed E-state index contributed by atoms with van der Waals surface area (Å²) in [6.45, 7) is 0.428. The van der Waals surface area contributed by atoms with Gasteiger partial charge in [-0.25, -0.2) is 4.68 Å². The van der Waals surface area contributed by atoms with Gasteiger partial charge in [0.25, 0.3) is 5.91 Å². The van der Waals surface area contributed by atoms with Gasteiger partial charge in [-0.2, -0.15) is 10.2 Å². The van der Waals surface area contributed by atoms with Crippen LogP contribution in [0.15, 0.2) is 24.7 Å². The lowest BCUT2D eigenvalue weighted by Gasteiger charge is -2.07. The number of nitrogen functional groups attached to an aromatic ring is 1. The van der Waals surface area contributed by atoms with Crippen LogP contribution in [0.5, 0.6) is 0 Å². The van der Waals surface area contributed by atoms with Crippen molar-refractivity contribution in [3.8, 4) is 0 Å². The normalized spacial score (nSPS) is 10.5. The largest absolute Gasteiger partial charge is 0.396 e. The summed E-state index contributed by atoms with van der Waals surface area (Å²) in [7, 11) is 3.38. The van der Waals surface area contributed by atoms with Gasteiger partial charge in [0.15, 0.2) is 0 Å². The molecule has 7 nitrogen and oxygen atoms in total. The van der Waals surface area contributed by atoms with Crippen molar-refractivity contribution in [2.45, 2.75) is 6.67 Å². The van der Waals surface area contributed by atoms with Gasteiger partial charge in [-0.1, -0.05) is 0 Å². The zero-order valence-corrected chi connectivity index (χ0v) is 9.74. The van der Waals surface area contributed by atoms with E-state index in [9.17, 15) is 4.79 Å². The van der Waals surface area contributed by atoms with Gasteiger partial charge in [-0.15, -0.1) is 0 Å². The predicted molar refractivity (Wildman–Crippen MR) is 62.3 cm³/mol. The van der Waals surface area contributed by atoms with Crippen LogP contribution in [0.1, 0.15) is 10.5 Å². The number of rotatable bonds is 3. The first-order chi connectivity index (χ1) is 8.06. The highest BCUT2D eigenvalue weighted by atomic mass is 16.2. The Labute approximate surface area is 98.4 Å². The molecule has 0 fully saturated rings. The number of hydrogen-bond acceptors (Lipinski definition) is 4. The van der Waals surface area contributed by atoms with Crippen molar-refractivity contribution in [2.75, 3.05) is 19.8 Å². The second-order valence-electron chi connectivity index (χ2n) is 3.89. The van der Waals surface area contributed by atoms with E-state index in [1.54, 1.807) is 48.1 Å². The van der Waals surface area contributed by atoms with Gasteiger partial charge in [0.2, 0.25) is 0 Å². The van der Waals surface area contributed by atoms with E-state index in [0.29, 0.717) is 18.1 Å². The van der Waals surface area contributed by atoms with Crippen LogP contribution in [0.2, 0.25) is 0 Å². The van der Waals surface area contributed by atoms with Crippen molar-refractivity contribution < 1.29 is 4.79 Å². The molecule has 2 aromatic rings. The smallest absolute Gasteiger partial charge is 0.273 e. The fourth-order valence-electron chi connectivity index (χ4n) is 1.39. The molecule has 0 spiro atoms. The summed E-state index contributed by atoms with van der Waals surface area (Å²) in [6, 6.07) is 1.68. The number of anilines is 1. The second kappa shape index (κ2) is 4.28. The Bertz CT molecular complexity index is 526. The zero-order valence-electron chi connectivity index (χ0n) is 9.74. The molecule has 0 unspecified atom stereocenters. The maximum Gasteiger partial charge on any atom is 0.273 e. The maximum atomic E-state index is 11.6. The monoisotopic (exact) mass is 234 g/mol. The average molecular weight is 234 g/mol. The summed E-state index contributed by atoms with van der Waals surface area (Å²) in [6.07, 6.45) is 5.00. The lowest BCUT2D eigenvalue weighted by atomic mass is 10.4. The molecule has 0 saturated carbocycles. The third-order valence-corrected chi connectivity index (χ3v) is 2.21. The number of hydrogen-bond donors (Lipinski definition) is 1. The van der Waals surface area contributed by atoms with Gasteiger partial charge in [-0.05, 0) is 6.07 Å². The first-order valence-corrected chi connectivity index (χ1v) is 5.09. The zero-order chi connectivity index (χ0) is 12.4. The Hall–Kier alpha value is -2.31. The summed E-state index contributed by atoms with van der Waals surface area (Å²) < 4.78 is 3.27. The molecule has 90 valence electrons. The molecule has 0 aliphatic heterocycles. The molecule has 2 heterocycles. The predicted octanol–water partition coefficient (Wildman–Crippen LogP) is -0.131. The summed E-state index contributed by atoms with van der Waals surface area (Å²) in [4.78, 5) is 13.1. The van der Waals surface area contributed by atoms with Crippen LogP contribution >= 0.6 is 0 Å². The molecule has 17 heavy (non-hydrogen) atoms. The van der Waals surface area contributed by atoms with Gasteiger partial charge >= 0.3 is 0 Å². The molecular formula is C10H14N6O. The molecule has 2 aromatic heterocycles. The van der Waals surface area contributed by atoms with E-state index < -0.39 is 0 Å². The average Bonchev–Trinajstić information content (AvgIpc) is 2.87. The van der Waals surface area contributed by atoms with E-state index in [-0.39, 0.29) is 5.91 Å². The van der Waals surface area contributed by atoms with Crippen molar-refractivity contribution >= 4 is 11.6 Å². The lowest BCUT2D eigenvalue weighted by molar-refractivity contribution is 0.0821. The Morgan fingerprint density at radius 1 is 1.47 bits per heavy atom. The van der Waals surface area contributed by atoms with E-state index in [1.807, 2.05) is 0 Å². The summed E-state index contributed by atoms with van der Waals surface area (Å²) in [5, 5.41) is 8.20. The fourth-order valence-corrected chi connectivity index (χ4v) is 1.39. The van der Waals surface area contributed by atoms with Crippen LogP contribution in [-0.2, 0) is 6.67 Å². The lowest BCUT2D eigenvalue weighted by Crippen LogP contribution is -2.22. The van der Waals surface area contributed by atoms with Gasteiger partial charge in [0.1, 0.15) is 12.4 Å². The molecule has 0 aliphatic carbocycles. The molecule has 1 amide bonds. The molecule has 0 bridgehead atoms. The van der Waals surface area contributed by atoms with E-state index in [4.69, 9.17) is 5.73 Å². The topological polar surface area (TPSA) is 82.0 Å². The van der Waals surface area contributed by atoms with Gasteiger partial charge in [-0.3, -0.25) is 9.48 Å². The third kappa shape index (κ3) is 2.44. The summed E-state index contributed by atoms with van der Waals surface area (Å²) in [5.74, 6) is -0.122. The third-order valence-electron chi connectivity index (χ3n) is 2.21. The molecule has 2 N–H and O–H groups in total. The number of aromatic nitrogens is 4. The number of nitrogens with two attached hydrogens (primary N) is 1. The minimum atomic E-state index is -0.122. The minimum Gasteiger partial charge on any atom is -0.396 e. The van der Waals surface area contributed by atoms with Crippen molar-refractivity contribution in [2.24, 2.45) is 0 Å². The first-order valence-electron chi connectivity index (χ1n) is 5.09. The highest BCUT2D eigenvalue weighted by molar-refractivity contribution is 5.91. The summed E-state index contributed by atoms with van der Waals surface area (Å²) >= 11 is 0.